The molecule has 2 aliphatic rings. The molecule has 183 valence electrons. The summed E-state index contributed by atoms with van der Waals surface area (Å²) in [6, 6.07) is 0. The summed E-state index contributed by atoms with van der Waals surface area (Å²) in [5, 5.41) is 0. The Hall–Kier alpha value is 3.19. The Morgan fingerprint density at radius 2 is 0.621 bits per heavy atom. The van der Waals surface area contributed by atoms with Crippen LogP contribution in [0.2, 0.25) is 0 Å². The van der Waals surface area contributed by atoms with Gasteiger partial charge in [0.1, 0.15) is 0 Å². The first-order valence-electron chi connectivity index (χ1n) is 9.03. The van der Waals surface area contributed by atoms with Crippen molar-refractivity contribution >= 4 is 75.8 Å². The average Bonchev–Trinajstić information content (AvgIpc) is 3.34. The third-order valence-electron chi connectivity index (χ3n) is 2.92. The molecule has 0 aromatic heterocycles. The molecule has 0 amide bonds. The summed E-state index contributed by atoms with van der Waals surface area (Å²) in [5.41, 5.74) is 0. The number of hydrogen-bond donors (Lipinski definition) is 0. The van der Waals surface area contributed by atoms with Crippen molar-refractivity contribution in [1.82, 2.24) is 14.7 Å². The van der Waals surface area contributed by atoms with Gasteiger partial charge in [-0.25, -0.2) is 14.1 Å². The topological polar surface area (TPSA) is 28.2 Å². The molecule has 0 aromatic rings. The molecule has 1 radical (unpaired) electrons. The number of hydrogen-bond acceptors (Lipinski definition) is 11. The van der Waals surface area contributed by atoms with Crippen LogP contribution in [0.1, 0.15) is 25.7 Å². The molecule has 2 fully saturated rings. The zero-order valence-electron chi connectivity index (χ0n) is 18.3. The molecule has 2 saturated heterocycles. The SMILES string of the molecule is C1CCOC1.C1CCOC1.CN(C)C([S-])[S-].CN(C)C([S-])[S-].CN(C)C([S-])[S-].[Tb]. The van der Waals surface area contributed by atoms with E-state index in [-0.39, 0.29) is 52.7 Å². The second-order valence-electron chi connectivity index (χ2n) is 6.45. The van der Waals surface area contributed by atoms with Crippen molar-refractivity contribution in [3.05, 3.63) is 0 Å². The minimum atomic E-state index is -0.148. The maximum absolute atomic E-state index is 4.94. The fourth-order valence-electron chi connectivity index (χ4n) is 1.02. The molecule has 0 atom stereocenters. The molecular formula is C17H37N3O2S6Tb-6. The van der Waals surface area contributed by atoms with E-state index in [4.69, 9.17) is 9.47 Å². The molecule has 0 N–H and O–H groups in total. The van der Waals surface area contributed by atoms with Crippen LogP contribution in [0.4, 0.5) is 0 Å². The van der Waals surface area contributed by atoms with E-state index in [1.54, 1.807) is 14.7 Å². The number of ether oxygens (including phenoxy) is 2. The summed E-state index contributed by atoms with van der Waals surface area (Å²) in [5.74, 6) is 0. The monoisotopic (exact) mass is 666 g/mol. The van der Waals surface area contributed by atoms with Crippen molar-refractivity contribution < 1.29 is 48.1 Å². The molecule has 12 heteroatoms. The molecule has 2 rings (SSSR count). The summed E-state index contributed by atoms with van der Waals surface area (Å²) >= 11 is 27.9. The van der Waals surface area contributed by atoms with Crippen molar-refractivity contribution in [3.8, 4) is 0 Å². The minimum Gasteiger partial charge on any atom is -0.800 e. The van der Waals surface area contributed by atoms with E-state index < -0.39 is 0 Å². The molecule has 0 aromatic carbocycles. The van der Waals surface area contributed by atoms with Crippen LogP contribution in [0.15, 0.2) is 0 Å². The van der Waals surface area contributed by atoms with Gasteiger partial charge in [0.2, 0.25) is 0 Å². The van der Waals surface area contributed by atoms with Crippen LogP contribution in [0.25, 0.3) is 0 Å². The van der Waals surface area contributed by atoms with Gasteiger partial charge in [-0.15, -0.1) is 0 Å². The molecule has 2 aliphatic heterocycles. The van der Waals surface area contributed by atoms with Gasteiger partial charge in [0.15, 0.2) is 0 Å². The van der Waals surface area contributed by atoms with Gasteiger partial charge >= 0.3 is 0 Å². The predicted octanol–water partition coefficient (Wildman–Crippen LogP) is 1.37. The Morgan fingerprint density at radius 3 is 0.655 bits per heavy atom. The first-order valence-corrected chi connectivity index (χ1v) is 11.9. The summed E-state index contributed by atoms with van der Waals surface area (Å²) in [7, 11) is 11.2. The van der Waals surface area contributed by atoms with Gasteiger partial charge in [-0.3, -0.25) is 0 Å². The molecule has 29 heavy (non-hydrogen) atoms. The van der Waals surface area contributed by atoms with Crippen LogP contribution in [-0.2, 0) is 85.2 Å². The zero-order valence-corrected chi connectivity index (χ0v) is 25.4. The van der Waals surface area contributed by atoms with Gasteiger partial charge in [0, 0.05) is 65.0 Å². The van der Waals surface area contributed by atoms with E-state index in [9.17, 15) is 0 Å². The third-order valence-corrected chi connectivity index (χ3v) is 5.45. The first kappa shape index (κ1) is 39.4. The van der Waals surface area contributed by atoms with Gasteiger partial charge in [-0.05, 0) is 68.0 Å². The summed E-state index contributed by atoms with van der Waals surface area (Å²) in [4.78, 5) is 5.39. The molecule has 2 heterocycles. The van der Waals surface area contributed by atoms with E-state index in [0.717, 1.165) is 26.4 Å². The molecular weight excluding hydrogens is 630 g/mol. The standard InChI is InChI=1S/2C4H8O.3C3H9NS2.Tb/c2*1-2-4-5-3-1;3*1-4(2)3(5)6;/h2*1-4H2;3*3,5-6H,1-2H3;/p-6. The quantitative estimate of drug-likeness (QED) is 0.410. The van der Waals surface area contributed by atoms with Crippen LogP contribution in [-0.4, -0.2) is 97.5 Å². The van der Waals surface area contributed by atoms with Gasteiger partial charge in [0.05, 0.1) is 0 Å². The van der Waals surface area contributed by atoms with Crippen LogP contribution in [0, 0.1) is 38.6 Å². The van der Waals surface area contributed by atoms with Gasteiger partial charge < -0.3 is 99.9 Å². The summed E-state index contributed by atoms with van der Waals surface area (Å²) in [6.45, 7) is 4.00. The Morgan fingerprint density at radius 1 is 0.483 bits per heavy atom. The normalized spacial score (nSPS) is 15.1. The first-order chi connectivity index (χ1) is 12.9. The zero-order chi connectivity index (χ0) is 22.5. The third kappa shape index (κ3) is 41.9. The second kappa shape index (κ2) is 29.2. The number of rotatable bonds is 3. The van der Waals surface area contributed by atoms with Crippen molar-refractivity contribution in [3.63, 3.8) is 0 Å². The summed E-state index contributed by atoms with van der Waals surface area (Å²) in [6.07, 6.45) is 5.11. The van der Waals surface area contributed by atoms with Crippen molar-refractivity contribution in [2.24, 2.45) is 0 Å². The Bertz CT molecular complexity index is 227. The fourth-order valence-corrected chi connectivity index (χ4v) is 1.02. The van der Waals surface area contributed by atoms with Gasteiger partial charge in [-0.2, -0.15) is 0 Å². The van der Waals surface area contributed by atoms with E-state index in [2.05, 4.69) is 75.8 Å². The molecule has 0 bridgehead atoms. The van der Waals surface area contributed by atoms with E-state index in [1.807, 2.05) is 42.3 Å². The molecule has 5 nitrogen and oxygen atoms in total. The summed E-state index contributed by atoms with van der Waals surface area (Å²) < 4.78 is 9.44. The van der Waals surface area contributed by atoms with Gasteiger partial charge in [-0.1, -0.05) is 0 Å². The fraction of sp³-hybridized carbons (Fsp3) is 1.00. The van der Waals surface area contributed by atoms with Crippen LogP contribution < -0.4 is 0 Å². The molecule has 0 aliphatic carbocycles. The van der Waals surface area contributed by atoms with Gasteiger partial charge in [0.25, 0.3) is 0 Å². The van der Waals surface area contributed by atoms with Crippen LogP contribution in [0.3, 0.4) is 0 Å². The molecule has 0 unspecified atom stereocenters. The predicted molar refractivity (Wildman–Crippen MR) is 137 cm³/mol. The maximum Gasteiger partial charge on any atom is 0.0466 e. The van der Waals surface area contributed by atoms with Crippen molar-refractivity contribution in [2.75, 3.05) is 68.7 Å². The van der Waals surface area contributed by atoms with Crippen molar-refractivity contribution in [2.45, 2.75) is 39.8 Å². The van der Waals surface area contributed by atoms with E-state index in [1.165, 1.54) is 25.7 Å². The largest absolute Gasteiger partial charge is 0.800 e. The molecule has 0 saturated carbocycles. The molecule has 0 spiro atoms. The van der Waals surface area contributed by atoms with E-state index >= 15 is 0 Å². The number of nitrogens with zero attached hydrogens (tertiary/aromatic N) is 3. The smallest absolute Gasteiger partial charge is 0.0466 e. The van der Waals surface area contributed by atoms with Crippen LogP contribution in [0.5, 0.6) is 0 Å². The Balaban J connectivity index is -0.000000134. The minimum absolute atomic E-state index is 0. The Labute approximate surface area is 244 Å². The van der Waals surface area contributed by atoms with Crippen molar-refractivity contribution in [1.29, 1.82) is 0 Å². The van der Waals surface area contributed by atoms with Crippen LogP contribution >= 0.6 is 0 Å². The average molecular weight is 667 g/mol. The Kier molecular flexibility index (Phi) is 39.7. The van der Waals surface area contributed by atoms with E-state index in [0.29, 0.717) is 0 Å². The second-order valence-corrected chi connectivity index (χ2v) is 10.0. The maximum atomic E-state index is 4.94.